The molecule has 0 unspecified atom stereocenters. The molecule has 1 aromatic carbocycles. The molecule has 0 bridgehead atoms. The zero-order chi connectivity index (χ0) is 17.7. The number of hydrogen-bond donors (Lipinski definition) is 0. The monoisotopic (exact) mass is 327 g/mol. The van der Waals surface area contributed by atoms with Gasteiger partial charge in [0.25, 0.3) is 5.91 Å². The molecule has 0 saturated heterocycles. The Labute approximate surface area is 143 Å². The topological polar surface area (TPSA) is 55.3 Å². The highest BCUT2D eigenvalue weighted by molar-refractivity contribution is 5.95. The van der Waals surface area contributed by atoms with Crippen LogP contribution in [0, 0.1) is 13.8 Å². The fraction of sp³-hybridized carbons (Fsp3) is 0.421. The number of nitrogens with zero attached hydrogens (tertiary/aromatic N) is 3. The zero-order valence-corrected chi connectivity index (χ0v) is 15.0. The van der Waals surface area contributed by atoms with Gasteiger partial charge in [-0.1, -0.05) is 12.1 Å². The van der Waals surface area contributed by atoms with Crippen LogP contribution in [-0.4, -0.2) is 40.5 Å². The van der Waals surface area contributed by atoms with Gasteiger partial charge in [0.15, 0.2) is 0 Å². The number of ether oxygens (including phenoxy) is 1. The van der Waals surface area contributed by atoms with Crippen molar-refractivity contribution in [2.75, 3.05) is 13.7 Å². The molecule has 0 aliphatic rings. The molecule has 0 aliphatic carbocycles. The van der Waals surface area contributed by atoms with E-state index in [1.807, 2.05) is 49.9 Å². The minimum absolute atomic E-state index is 0.0176. The molecule has 5 nitrogen and oxygen atoms in total. The summed E-state index contributed by atoms with van der Waals surface area (Å²) in [6, 6.07) is 8.04. The second kappa shape index (κ2) is 7.90. The molecule has 0 aliphatic heterocycles. The molecule has 2 aromatic rings. The van der Waals surface area contributed by atoms with E-state index in [1.165, 1.54) is 5.56 Å². The summed E-state index contributed by atoms with van der Waals surface area (Å²) < 4.78 is 5.18. The van der Waals surface area contributed by atoms with Crippen molar-refractivity contribution in [3.8, 4) is 5.75 Å². The van der Waals surface area contributed by atoms with Crippen LogP contribution in [0.15, 0.2) is 30.5 Å². The summed E-state index contributed by atoms with van der Waals surface area (Å²) in [5.74, 6) is 1.50. The lowest BCUT2D eigenvalue weighted by Gasteiger charge is -2.28. The summed E-state index contributed by atoms with van der Waals surface area (Å²) in [6.07, 6.45) is 2.41. The highest BCUT2D eigenvalue weighted by Gasteiger charge is 2.22. The lowest BCUT2D eigenvalue weighted by molar-refractivity contribution is 0.0701. The van der Waals surface area contributed by atoms with Crippen LogP contribution in [0.5, 0.6) is 5.75 Å². The van der Waals surface area contributed by atoms with Gasteiger partial charge in [0, 0.05) is 18.8 Å². The predicted octanol–water partition coefficient (Wildman–Crippen LogP) is 3.20. The molecule has 1 heterocycles. The Kier molecular flexibility index (Phi) is 5.90. The van der Waals surface area contributed by atoms with E-state index < -0.39 is 0 Å². The smallest absolute Gasteiger partial charge is 0.257 e. The molecular weight excluding hydrogens is 302 g/mol. The van der Waals surface area contributed by atoms with Crippen molar-refractivity contribution in [2.24, 2.45) is 0 Å². The van der Waals surface area contributed by atoms with Crippen LogP contribution < -0.4 is 4.74 Å². The Hall–Kier alpha value is -2.43. The SMILES string of the molecule is CCN(C(=O)c1cnc(C)nc1C)[C@H](C)Cc1ccc(OC)cc1. The molecule has 2 rings (SSSR count). The number of amides is 1. The third kappa shape index (κ3) is 4.10. The van der Waals surface area contributed by atoms with Gasteiger partial charge in [-0.15, -0.1) is 0 Å². The summed E-state index contributed by atoms with van der Waals surface area (Å²) in [4.78, 5) is 23.2. The number of carbonyl (C=O) groups excluding carboxylic acids is 1. The van der Waals surface area contributed by atoms with Crippen molar-refractivity contribution >= 4 is 5.91 Å². The highest BCUT2D eigenvalue weighted by atomic mass is 16.5. The molecule has 1 aromatic heterocycles. The Morgan fingerprint density at radius 3 is 2.46 bits per heavy atom. The molecule has 0 spiro atoms. The number of aromatic nitrogens is 2. The first-order valence-electron chi connectivity index (χ1n) is 8.20. The van der Waals surface area contributed by atoms with E-state index in [4.69, 9.17) is 4.74 Å². The second-order valence-corrected chi connectivity index (χ2v) is 5.91. The van der Waals surface area contributed by atoms with Gasteiger partial charge in [0.2, 0.25) is 0 Å². The largest absolute Gasteiger partial charge is 0.497 e. The summed E-state index contributed by atoms with van der Waals surface area (Å²) in [5, 5.41) is 0. The van der Waals surface area contributed by atoms with Gasteiger partial charge < -0.3 is 9.64 Å². The molecule has 24 heavy (non-hydrogen) atoms. The molecule has 0 saturated carbocycles. The number of benzene rings is 1. The van der Waals surface area contributed by atoms with Gasteiger partial charge >= 0.3 is 0 Å². The number of likely N-dealkylation sites (N-methyl/N-ethyl adjacent to an activating group) is 1. The van der Waals surface area contributed by atoms with E-state index in [0.29, 0.717) is 17.9 Å². The standard InChI is InChI=1S/C19H25N3O2/c1-6-22(19(23)18-12-20-15(4)21-14(18)3)13(2)11-16-7-9-17(24-5)10-8-16/h7-10,12-13H,6,11H2,1-5H3/t13-/m1/s1. The van der Waals surface area contributed by atoms with Crippen molar-refractivity contribution in [1.82, 2.24) is 14.9 Å². The van der Waals surface area contributed by atoms with Crippen LogP contribution in [0.3, 0.4) is 0 Å². The Bertz CT molecular complexity index is 698. The number of methoxy groups -OCH3 is 1. The first-order chi connectivity index (χ1) is 11.5. The molecule has 5 heteroatoms. The van der Waals surface area contributed by atoms with Crippen LogP contribution >= 0.6 is 0 Å². The fourth-order valence-corrected chi connectivity index (χ4v) is 2.82. The maximum absolute atomic E-state index is 12.9. The fourth-order valence-electron chi connectivity index (χ4n) is 2.82. The van der Waals surface area contributed by atoms with Gasteiger partial charge in [-0.2, -0.15) is 0 Å². The van der Waals surface area contributed by atoms with Gasteiger partial charge in [-0.25, -0.2) is 9.97 Å². The zero-order valence-electron chi connectivity index (χ0n) is 15.0. The number of rotatable bonds is 6. The van der Waals surface area contributed by atoms with Crippen molar-refractivity contribution in [2.45, 2.75) is 40.2 Å². The van der Waals surface area contributed by atoms with Crippen molar-refractivity contribution in [3.63, 3.8) is 0 Å². The second-order valence-electron chi connectivity index (χ2n) is 5.91. The summed E-state index contributed by atoms with van der Waals surface area (Å²) in [6.45, 7) is 8.38. The van der Waals surface area contributed by atoms with E-state index in [9.17, 15) is 4.79 Å². The number of carbonyl (C=O) groups is 1. The van der Waals surface area contributed by atoms with E-state index in [2.05, 4.69) is 16.9 Å². The Morgan fingerprint density at radius 1 is 1.25 bits per heavy atom. The maximum atomic E-state index is 12.9. The minimum Gasteiger partial charge on any atom is -0.497 e. The maximum Gasteiger partial charge on any atom is 0.257 e. The molecular formula is C19H25N3O2. The molecule has 0 N–H and O–H groups in total. The summed E-state index contributed by atoms with van der Waals surface area (Å²) in [5.41, 5.74) is 2.47. The third-order valence-electron chi connectivity index (χ3n) is 4.15. The molecule has 1 amide bonds. The number of aryl methyl sites for hydroxylation is 2. The lowest BCUT2D eigenvalue weighted by Crippen LogP contribution is -2.40. The number of hydrogen-bond acceptors (Lipinski definition) is 4. The van der Waals surface area contributed by atoms with Gasteiger partial charge in [-0.3, -0.25) is 4.79 Å². The first-order valence-corrected chi connectivity index (χ1v) is 8.20. The van der Waals surface area contributed by atoms with Crippen molar-refractivity contribution in [3.05, 3.63) is 53.1 Å². The van der Waals surface area contributed by atoms with E-state index >= 15 is 0 Å². The van der Waals surface area contributed by atoms with Gasteiger partial charge in [-0.05, 0) is 51.8 Å². The van der Waals surface area contributed by atoms with E-state index in [-0.39, 0.29) is 11.9 Å². The molecule has 128 valence electrons. The van der Waals surface area contributed by atoms with Crippen LogP contribution in [0.2, 0.25) is 0 Å². The Balaban J connectivity index is 2.14. The molecule has 1 atom stereocenters. The highest BCUT2D eigenvalue weighted by Crippen LogP contribution is 2.17. The normalized spacial score (nSPS) is 11.9. The Morgan fingerprint density at radius 2 is 1.92 bits per heavy atom. The molecule has 0 radical (unpaired) electrons. The van der Waals surface area contributed by atoms with Crippen LogP contribution in [0.1, 0.15) is 41.3 Å². The van der Waals surface area contributed by atoms with Crippen LogP contribution in [0.25, 0.3) is 0 Å². The summed E-state index contributed by atoms with van der Waals surface area (Å²) >= 11 is 0. The quantitative estimate of drug-likeness (QED) is 0.817. The summed E-state index contributed by atoms with van der Waals surface area (Å²) in [7, 11) is 1.65. The predicted molar refractivity (Wildman–Crippen MR) is 94.4 cm³/mol. The van der Waals surface area contributed by atoms with Crippen molar-refractivity contribution in [1.29, 1.82) is 0 Å². The van der Waals surface area contributed by atoms with E-state index in [1.54, 1.807) is 13.3 Å². The average molecular weight is 327 g/mol. The van der Waals surface area contributed by atoms with Crippen LogP contribution in [0.4, 0.5) is 0 Å². The van der Waals surface area contributed by atoms with Gasteiger partial charge in [0.05, 0.1) is 18.4 Å². The van der Waals surface area contributed by atoms with Crippen molar-refractivity contribution < 1.29 is 9.53 Å². The van der Waals surface area contributed by atoms with E-state index in [0.717, 1.165) is 17.9 Å². The minimum atomic E-state index is -0.0176. The lowest BCUT2D eigenvalue weighted by atomic mass is 10.0. The third-order valence-corrected chi connectivity index (χ3v) is 4.15. The molecule has 0 fully saturated rings. The average Bonchev–Trinajstić information content (AvgIpc) is 2.56. The van der Waals surface area contributed by atoms with Gasteiger partial charge in [0.1, 0.15) is 11.6 Å². The first kappa shape index (κ1) is 17.9. The van der Waals surface area contributed by atoms with Crippen LogP contribution in [-0.2, 0) is 6.42 Å².